The van der Waals surface area contributed by atoms with Gasteiger partial charge in [-0.15, -0.1) is 0 Å². The average molecular weight is 207 g/mol. The summed E-state index contributed by atoms with van der Waals surface area (Å²) >= 11 is 0. The lowest BCUT2D eigenvalue weighted by Crippen LogP contribution is -2.48. The molecule has 3 heteroatoms. The first-order valence-electron chi connectivity index (χ1n) is 5.44. The number of hydrogen-bond acceptors (Lipinski definition) is 2. The van der Waals surface area contributed by atoms with Crippen LogP contribution in [0.15, 0.2) is 23.0 Å². The van der Waals surface area contributed by atoms with Gasteiger partial charge in [-0.2, -0.15) is 0 Å². The maximum absolute atomic E-state index is 11.4. The maximum atomic E-state index is 11.4. The van der Waals surface area contributed by atoms with Crippen molar-refractivity contribution in [1.29, 1.82) is 0 Å². The molecule has 0 radical (unpaired) electrons. The largest absolute Gasteiger partial charge is 0.472 e. The lowest BCUT2D eigenvalue weighted by Gasteiger charge is -2.33. The molecule has 1 aliphatic rings. The Morgan fingerprint density at radius 2 is 2.40 bits per heavy atom. The van der Waals surface area contributed by atoms with E-state index >= 15 is 0 Å². The highest BCUT2D eigenvalue weighted by atomic mass is 16.3. The first-order chi connectivity index (χ1) is 7.12. The zero-order valence-electron chi connectivity index (χ0n) is 9.25. The van der Waals surface area contributed by atoms with Gasteiger partial charge in [-0.05, 0) is 30.4 Å². The highest BCUT2D eigenvalue weighted by Crippen LogP contribution is 2.31. The molecule has 0 saturated carbocycles. The van der Waals surface area contributed by atoms with Gasteiger partial charge >= 0.3 is 0 Å². The Balaban J connectivity index is 2.17. The van der Waals surface area contributed by atoms with Gasteiger partial charge in [0, 0.05) is 12.0 Å². The number of amides is 1. The van der Waals surface area contributed by atoms with E-state index in [-0.39, 0.29) is 11.4 Å². The summed E-state index contributed by atoms with van der Waals surface area (Å²) in [4.78, 5) is 11.4. The molecule has 1 aromatic rings. The molecule has 2 rings (SSSR count). The van der Waals surface area contributed by atoms with Crippen LogP contribution in [0.1, 0.15) is 32.3 Å². The average Bonchev–Trinajstić information content (AvgIpc) is 2.77. The molecule has 1 saturated heterocycles. The summed E-state index contributed by atoms with van der Waals surface area (Å²) in [5.74, 6) is 0.617. The molecule has 0 spiro atoms. The highest BCUT2D eigenvalue weighted by Gasteiger charge is 2.40. The van der Waals surface area contributed by atoms with Crippen molar-refractivity contribution >= 4 is 5.91 Å². The Bertz CT molecular complexity index is 343. The second-order valence-corrected chi connectivity index (χ2v) is 4.67. The van der Waals surface area contributed by atoms with Crippen molar-refractivity contribution in [1.82, 2.24) is 5.32 Å². The van der Waals surface area contributed by atoms with Gasteiger partial charge in [0.05, 0.1) is 12.5 Å². The summed E-state index contributed by atoms with van der Waals surface area (Å²) in [6.45, 7) is 4.32. The van der Waals surface area contributed by atoms with E-state index in [9.17, 15) is 4.79 Å². The van der Waals surface area contributed by atoms with E-state index in [1.54, 1.807) is 12.5 Å². The second kappa shape index (κ2) is 3.72. The van der Waals surface area contributed by atoms with Crippen molar-refractivity contribution in [2.45, 2.75) is 38.6 Å². The fraction of sp³-hybridized carbons (Fsp3) is 0.583. The molecular formula is C12H17NO2. The third kappa shape index (κ3) is 1.91. The summed E-state index contributed by atoms with van der Waals surface area (Å²) in [5, 5.41) is 3.12. The molecule has 1 N–H and O–H groups in total. The zero-order valence-corrected chi connectivity index (χ0v) is 9.25. The van der Waals surface area contributed by atoms with Gasteiger partial charge in [0.1, 0.15) is 0 Å². The molecule has 0 aliphatic carbocycles. The van der Waals surface area contributed by atoms with Gasteiger partial charge in [0.15, 0.2) is 0 Å². The number of nitrogens with one attached hydrogen (secondary N) is 1. The molecule has 1 fully saturated rings. The first-order valence-corrected chi connectivity index (χ1v) is 5.44. The molecule has 82 valence electrons. The van der Waals surface area contributed by atoms with Crippen molar-refractivity contribution in [3.8, 4) is 0 Å². The monoisotopic (exact) mass is 207 g/mol. The highest BCUT2D eigenvalue weighted by molar-refractivity contribution is 5.79. The van der Waals surface area contributed by atoms with E-state index in [1.807, 2.05) is 6.07 Å². The van der Waals surface area contributed by atoms with Crippen LogP contribution in [0.4, 0.5) is 0 Å². The molecular weight excluding hydrogens is 190 g/mol. The van der Waals surface area contributed by atoms with Crippen molar-refractivity contribution in [3.63, 3.8) is 0 Å². The van der Waals surface area contributed by atoms with Gasteiger partial charge in [-0.3, -0.25) is 4.79 Å². The lowest BCUT2D eigenvalue weighted by atomic mass is 9.80. The number of hydrogen-bond donors (Lipinski definition) is 1. The van der Waals surface area contributed by atoms with Crippen LogP contribution in [0.5, 0.6) is 0 Å². The quantitative estimate of drug-likeness (QED) is 0.825. The minimum Gasteiger partial charge on any atom is -0.472 e. The van der Waals surface area contributed by atoms with Gasteiger partial charge < -0.3 is 9.73 Å². The summed E-state index contributed by atoms with van der Waals surface area (Å²) in [6, 6.07) is 1.97. The molecule has 2 heterocycles. The van der Waals surface area contributed by atoms with E-state index in [0.29, 0.717) is 12.3 Å². The Hall–Kier alpha value is -1.25. The maximum Gasteiger partial charge on any atom is 0.220 e. The van der Waals surface area contributed by atoms with Gasteiger partial charge in [0.25, 0.3) is 0 Å². The van der Waals surface area contributed by atoms with Crippen LogP contribution in [0.2, 0.25) is 0 Å². The Kier molecular flexibility index (Phi) is 2.55. The third-order valence-corrected chi connectivity index (χ3v) is 3.39. The van der Waals surface area contributed by atoms with E-state index in [1.165, 1.54) is 0 Å². The number of carbonyl (C=O) groups excluding carboxylic acids is 1. The topological polar surface area (TPSA) is 42.2 Å². The summed E-state index contributed by atoms with van der Waals surface area (Å²) in [6.07, 6.45) is 5.88. The van der Waals surface area contributed by atoms with Crippen LogP contribution in [0, 0.1) is 5.92 Å². The van der Waals surface area contributed by atoms with Crippen molar-refractivity contribution in [2.24, 2.45) is 5.92 Å². The molecule has 1 atom stereocenters. The summed E-state index contributed by atoms with van der Waals surface area (Å²) < 4.78 is 5.06. The van der Waals surface area contributed by atoms with E-state index < -0.39 is 0 Å². The SMILES string of the molecule is CC(C)C1(Cc2ccoc2)CCC(=O)N1. The first kappa shape index (κ1) is 10.3. The van der Waals surface area contributed by atoms with Crippen LogP contribution in [0.3, 0.4) is 0 Å². The van der Waals surface area contributed by atoms with Crippen LogP contribution >= 0.6 is 0 Å². The number of furan rings is 1. The number of carbonyl (C=O) groups is 1. The van der Waals surface area contributed by atoms with E-state index in [4.69, 9.17) is 4.42 Å². The van der Waals surface area contributed by atoms with Crippen LogP contribution in [-0.2, 0) is 11.2 Å². The summed E-state index contributed by atoms with van der Waals surface area (Å²) in [7, 11) is 0. The normalized spacial score (nSPS) is 25.9. The molecule has 0 bridgehead atoms. The lowest BCUT2D eigenvalue weighted by molar-refractivity contribution is -0.120. The standard InChI is InChI=1S/C12H17NO2/c1-9(2)12(5-3-11(14)13-12)7-10-4-6-15-8-10/h4,6,8-9H,3,5,7H2,1-2H3,(H,13,14). The minimum atomic E-state index is -0.0685. The van der Waals surface area contributed by atoms with Crippen LogP contribution in [0.25, 0.3) is 0 Å². The van der Waals surface area contributed by atoms with Gasteiger partial charge in [-0.25, -0.2) is 0 Å². The molecule has 15 heavy (non-hydrogen) atoms. The molecule has 1 aliphatic heterocycles. The van der Waals surface area contributed by atoms with E-state index in [0.717, 1.165) is 18.4 Å². The molecule has 0 aromatic carbocycles. The van der Waals surface area contributed by atoms with Crippen molar-refractivity contribution in [3.05, 3.63) is 24.2 Å². The zero-order chi connectivity index (χ0) is 10.9. The fourth-order valence-corrected chi connectivity index (χ4v) is 2.27. The molecule has 1 aromatic heterocycles. The Labute approximate surface area is 89.9 Å². The van der Waals surface area contributed by atoms with Crippen LogP contribution < -0.4 is 5.32 Å². The van der Waals surface area contributed by atoms with Crippen molar-refractivity contribution < 1.29 is 9.21 Å². The van der Waals surface area contributed by atoms with Crippen molar-refractivity contribution in [2.75, 3.05) is 0 Å². The summed E-state index contributed by atoms with van der Waals surface area (Å²) in [5.41, 5.74) is 1.09. The predicted molar refractivity (Wildman–Crippen MR) is 57.4 cm³/mol. The van der Waals surface area contributed by atoms with E-state index in [2.05, 4.69) is 19.2 Å². The second-order valence-electron chi connectivity index (χ2n) is 4.67. The molecule has 1 unspecified atom stereocenters. The number of rotatable bonds is 3. The minimum absolute atomic E-state index is 0.0685. The fourth-order valence-electron chi connectivity index (χ4n) is 2.27. The van der Waals surface area contributed by atoms with Gasteiger partial charge in [-0.1, -0.05) is 13.8 Å². The van der Waals surface area contributed by atoms with Gasteiger partial charge in [0.2, 0.25) is 5.91 Å². The Morgan fingerprint density at radius 1 is 1.60 bits per heavy atom. The van der Waals surface area contributed by atoms with Crippen LogP contribution in [-0.4, -0.2) is 11.4 Å². The molecule has 1 amide bonds. The predicted octanol–water partition coefficient (Wildman–Crippen LogP) is 2.13. The third-order valence-electron chi connectivity index (χ3n) is 3.39. The Morgan fingerprint density at radius 3 is 2.87 bits per heavy atom. The smallest absolute Gasteiger partial charge is 0.220 e. The molecule has 3 nitrogen and oxygen atoms in total.